The van der Waals surface area contributed by atoms with Crippen molar-refractivity contribution in [1.29, 1.82) is 5.26 Å². The van der Waals surface area contributed by atoms with Gasteiger partial charge in [-0.25, -0.2) is 4.98 Å². The van der Waals surface area contributed by atoms with Crippen molar-refractivity contribution >= 4 is 5.82 Å². The predicted octanol–water partition coefficient (Wildman–Crippen LogP) is 1.46. The Kier molecular flexibility index (Phi) is 1.52. The Morgan fingerprint density at radius 1 is 1.58 bits per heavy atom. The Balaban J connectivity index is 2.38. The third kappa shape index (κ3) is 1.04. The second kappa shape index (κ2) is 2.67. The number of anilines is 1. The zero-order valence-electron chi connectivity index (χ0n) is 6.41. The SMILES string of the molecule is N#CC1=CNc2ncccc2C1. The van der Waals surface area contributed by atoms with Crippen LogP contribution in [0.4, 0.5) is 5.82 Å². The van der Waals surface area contributed by atoms with Crippen molar-refractivity contribution in [2.45, 2.75) is 6.42 Å². The quantitative estimate of drug-likeness (QED) is 0.620. The summed E-state index contributed by atoms with van der Waals surface area (Å²) in [7, 11) is 0. The Morgan fingerprint density at radius 3 is 3.33 bits per heavy atom. The van der Waals surface area contributed by atoms with Crippen molar-refractivity contribution < 1.29 is 0 Å². The molecule has 0 aliphatic carbocycles. The Bertz CT molecular complexity index is 374. The molecule has 2 heterocycles. The van der Waals surface area contributed by atoms with Gasteiger partial charge in [0, 0.05) is 18.8 Å². The molecule has 0 radical (unpaired) electrons. The molecule has 3 nitrogen and oxygen atoms in total. The maximum absolute atomic E-state index is 8.64. The maximum atomic E-state index is 8.64. The molecule has 0 fully saturated rings. The standard InChI is InChI=1S/C9H7N3/c10-5-7-4-8-2-1-3-11-9(8)12-6-7/h1-3,6H,4H2,(H,11,12). The number of aromatic nitrogens is 1. The van der Waals surface area contributed by atoms with Gasteiger partial charge in [0.1, 0.15) is 5.82 Å². The first-order valence-electron chi connectivity index (χ1n) is 3.70. The summed E-state index contributed by atoms with van der Waals surface area (Å²) in [5.41, 5.74) is 1.83. The number of nitrogens with zero attached hydrogens (tertiary/aromatic N) is 2. The monoisotopic (exact) mass is 157 g/mol. The molecular weight excluding hydrogens is 150 g/mol. The molecule has 12 heavy (non-hydrogen) atoms. The molecule has 1 aromatic rings. The van der Waals surface area contributed by atoms with Crippen LogP contribution >= 0.6 is 0 Å². The number of hydrogen-bond acceptors (Lipinski definition) is 3. The van der Waals surface area contributed by atoms with Crippen LogP contribution in [-0.2, 0) is 6.42 Å². The number of allylic oxidation sites excluding steroid dienone is 1. The van der Waals surface area contributed by atoms with Gasteiger partial charge in [0.2, 0.25) is 0 Å². The lowest BCUT2D eigenvalue weighted by Crippen LogP contribution is -2.05. The van der Waals surface area contributed by atoms with E-state index in [0.717, 1.165) is 17.0 Å². The highest BCUT2D eigenvalue weighted by molar-refractivity contribution is 5.53. The van der Waals surface area contributed by atoms with Crippen LogP contribution in [0.2, 0.25) is 0 Å². The van der Waals surface area contributed by atoms with E-state index in [-0.39, 0.29) is 0 Å². The summed E-state index contributed by atoms with van der Waals surface area (Å²) in [5.74, 6) is 0.858. The van der Waals surface area contributed by atoms with Gasteiger partial charge in [-0.15, -0.1) is 0 Å². The van der Waals surface area contributed by atoms with Gasteiger partial charge in [-0.2, -0.15) is 5.26 Å². The number of hydrogen-bond donors (Lipinski definition) is 1. The van der Waals surface area contributed by atoms with E-state index in [4.69, 9.17) is 5.26 Å². The van der Waals surface area contributed by atoms with Crippen LogP contribution in [0.5, 0.6) is 0 Å². The molecule has 0 unspecified atom stereocenters. The lowest BCUT2D eigenvalue weighted by Gasteiger charge is -2.12. The van der Waals surface area contributed by atoms with Gasteiger partial charge in [-0.05, 0) is 11.6 Å². The fraction of sp³-hybridized carbons (Fsp3) is 0.111. The highest BCUT2D eigenvalue weighted by Gasteiger charge is 2.09. The molecule has 0 saturated carbocycles. The molecule has 2 rings (SSSR count). The van der Waals surface area contributed by atoms with Crippen molar-refractivity contribution in [1.82, 2.24) is 4.98 Å². The van der Waals surface area contributed by atoms with Crippen LogP contribution in [0.25, 0.3) is 0 Å². The number of pyridine rings is 1. The topological polar surface area (TPSA) is 48.7 Å². The highest BCUT2D eigenvalue weighted by atomic mass is 15.0. The minimum Gasteiger partial charge on any atom is -0.345 e. The maximum Gasteiger partial charge on any atom is 0.133 e. The van der Waals surface area contributed by atoms with Crippen LogP contribution in [0.15, 0.2) is 30.1 Å². The van der Waals surface area contributed by atoms with E-state index in [0.29, 0.717) is 6.42 Å². The molecular formula is C9H7N3. The first-order valence-corrected chi connectivity index (χ1v) is 3.70. The van der Waals surface area contributed by atoms with Crippen molar-refractivity contribution in [3.63, 3.8) is 0 Å². The normalized spacial score (nSPS) is 13.8. The van der Waals surface area contributed by atoms with Crippen molar-refractivity contribution in [2.75, 3.05) is 5.32 Å². The van der Waals surface area contributed by atoms with E-state index in [2.05, 4.69) is 16.4 Å². The van der Waals surface area contributed by atoms with Gasteiger partial charge >= 0.3 is 0 Å². The summed E-state index contributed by atoms with van der Waals surface area (Å²) in [4.78, 5) is 4.12. The largest absolute Gasteiger partial charge is 0.345 e. The van der Waals surface area contributed by atoms with Crippen LogP contribution in [0, 0.1) is 11.3 Å². The minimum absolute atomic E-state index is 0.687. The van der Waals surface area contributed by atoms with E-state index in [1.165, 1.54) is 0 Å². The van der Waals surface area contributed by atoms with E-state index in [1.54, 1.807) is 12.4 Å². The molecule has 0 spiro atoms. The van der Waals surface area contributed by atoms with Gasteiger partial charge in [0.25, 0.3) is 0 Å². The third-order valence-corrected chi connectivity index (χ3v) is 1.80. The molecule has 1 N–H and O–H groups in total. The van der Waals surface area contributed by atoms with Crippen LogP contribution in [-0.4, -0.2) is 4.98 Å². The van der Waals surface area contributed by atoms with Crippen LogP contribution in [0.1, 0.15) is 5.56 Å². The van der Waals surface area contributed by atoms with Gasteiger partial charge in [0.15, 0.2) is 0 Å². The van der Waals surface area contributed by atoms with Crippen molar-refractivity contribution in [3.05, 3.63) is 35.7 Å². The highest BCUT2D eigenvalue weighted by Crippen LogP contribution is 2.19. The second-order valence-electron chi connectivity index (χ2n) is 2.61. The molecule has 0 atom stereocenters. The Hall–Kier alpha value is -1.82. The van der Waals surface area contributed by atoms with Crippen molar-refractivity contribution in [3.8, 4) is 6.07 Å². The molecule has 1 aliphatic heterocycles. The van der Waals surface area contributed by atoms with Gasteiger partial charge in [-0.3, -0.25) is 0 Å². The smallest absolute Gasteiger partial charge is 0.133 e. The third-order valence-electron chi connectivity index (χ3n) is 1.80. The zero-order chi connectivity index (χ0) is 8.39. The van der Waals surface area contributed by atoms with E-state index >= 15 is 0 Å². The van der Waals surface area contributed by atoms with E-state index in [9.17, 15) is 0 Å². The molecule has 0 amide bonds. The summed E-state index contributed by atoms with van der Waals surface area (Å²) >= 11 is 0. The van der Waals surface area contributed by atoms with Gasteiger partial charge in [-0.1, -0.05) is 6.07 Å². The van der Waals surface area contributed by atoms with Crippen LogP contribution < -0.4 is 5.32 Å². The Morgan fingerprint density at radius 2 is 2.50 bits per heavy atom. The fourth-order valence-electron chi connectivity index (χ4n) is 1.19. The summed E-state index contributed by atoms with van der Waals surface area (Å²) < 4.78 is 0. The summed E-state index contributed by atoms with van der Waals surface area (Å²) in [6.07, 6.45) is 4.12. The fourth-order valence-corrected chi connectivity index (χ4v) is 1.19. The summed E-state index contributed by atoms with van der Waals surface area (Å²) in [5, 5.41) is 11.6. The Labute approximate surface area is 70.4 Å². The lowest BCUT2D eigenvalue weighted by molar-refractivity contribution is 1.11. The summed E-state index contributed by atoms with van der Waals surface area (Å²) in [6, 6.07) is 5.96. The second-order valence-corrected chi connectivity index (χ2v) is 2.61. The molecule has 58 valence electrons. The number of fused-ring (bicyclic) bond motifs is 1. The average Bonchev–Trinajstić information content (AvgIpc) is 2.17. The summed E-state index contributed by atoms with van der Waals surface area (Å²) in [6.45, 7) is 0. The molecule has 0 aromatic carbocycles. The first-order chi connectivity index (χ1) is 5.90. The average molecular weight is 157 g/mol. The zero-order valence-corrected chi connectivity index (χ0v) is 6.41. The van der Waals surface area contributed by atoms with E-state index < -0.39 is 0 Å². The molecule has 3 heteroatoms. The minimum atomic E-state index is 0.687. The van der Waals surface area contributed by atoms with E-state index in [1.807, 2.05) is 12.1 Å². The van der Waals surface area contributed by atoms with Crippen LogP contribution in [0.3, 0.4) is 0 Å². The first kappa shape index (κ1) is 6.86. The molecule has 0 bridgehead atoms. The predicted molar refractivity (Wildman–Crippen MR) is 45.3 cm³/mol. The number of nitrogens with one attached hydrogen (secondary N) is 1. The molecule has 1 aliphatic rings. The van der Waals surface area contributed by atoms with Gasteiger partial charge < -0.3 is 5.32 Å². The molecule has 1 aromatic heterocycles. The molecule has 0 saturated heterocycles. The van der Waals surface area contributed by atoms with Crippen molar-refractivity contribution in [2.24, 2.45) is 0 Å². The van der Waals surface area contributed by atoms with Gasteiger partial charge in [0.05, 0.1) is 11.6 Å². The number of rotatable bonds is 0. The number of nitriles is 1. The lowest BCUT2D eigenvalue weighted by atomic mass is 10.1.